The molecule has 0 saturated heterocycles. The van der Waals surface area contributed by atoms with Crippen LogP contribution in [0.25, 0.3) is 0 Å². The van der Waals surface area contributed by atoms with Crippen LogP contribution in [-0.4, -0.2) is 40.6 Å². The summed E-state index contributed by atoms with van der Waals surface area (Å²) in [6, 6.07) is 4.11. The molecule has 0 aliphatic carbocycles. The van der Waals surface area contributed by atoms with Gasteiger partial charge in [-0.1, -0.05) is 6.07 Å². The second kappa shape index (κ2) is 6.73. The molecule has 24 heavy (non-hydrogen) atoms. The van der Waals surface area contributed by atoms with E-state index < -0.39 is 17.6 Å². The number of benzene rings is 1. The number of anilines is 1. The number of aromatic nitrogens is 2. The van der Waals surface area contributed by atoms with Gasteiger partial charge in [0.2, 0.25) is 5.91 Å². The summed E-state index contributed by atoms with van der Waals surface area (Å²) in [4.78, 5) is 25.0. The first-order valence-electron chi connectivity index (χ1n) is 6.88. The Bertz CT molecular complexity index is 753. The van der Waals surface area contributed by atoms with Crippen LogP contribution in [0, 0.1) is 0 Å². The fourth-order valence-corrected chi connectivity index (χ4v) is 1.83. The lowest BCUT2D eigenvalue weighted by molar-refractivity contribution is -0.137. The Morgan fingerprint density at radius 2 is 2.00 bits per heavy atom. The standard InChI is InChI=1S/C15H15F3N4O2/c1-21(2)13(23)9-22-8-12(7-19-22)20-14(24)10-4-3-5-11(6-10)15(16,17)18/h3-8H,9H2,1-2H3,(H,20,24). The average molecular weight is 340 g/mol. The first kappa shape index (κ1) is 17.5. The summed E-state index contributed by atoms with van der Waals surface area (Å²) in [6.07, 6.45) is -1.78. The predicted molar refractivity (Wildman–Crippen MR) is 80.3 cm³/mol. The van der Waals surface area contributed by atoms with Gasteiger partial charge in [0, 0.05) is 25.9 Å². The number of hydrogen-bond donors (Lipinski definition) is 1. The third-order valence-corrected chi connectivity index (χ3v) is 3.14. The Labute approximate surface area is 135 Å². The fraction of sp³-hybridized carbons (Fsp3) is 0.267. The van der Waals surface area contributed by atoms with E-state index in [2.05, 4.69) is 10.4 Å². The summed E-state index contributed by atoms with van der Waals surface area (Å²) in [7, 11) is 3.20. The number of nitrogens with one attached hydrogen (secondary N) is 1. The van der Waals surface area contributed by atoms with Crippen molar-refractivity contribution in [2.24, 2.45) is 0 Å². The Kier molecular flexibility index (Phi) is 4.91. The zero-order valence-corrected chi connectivity index (χ0v) is 13.0. The van der Waals surface area contributed by atoms with Crippen molar-refractivity contribution in [1.82, 2.24) is 14.7 Å². The molecule has 0 bridgehead atoms. The van der Waals surface area contributed by atoms with Gasteiger partial charge in [-0.2, -0.15) is 18.3 Å². The number of alkyl halides is 3. The smallest absolute Gasteiger partial charge is 0.347 e. The van der Waals surface area contributed by atoms with Gasteiger partial charge in [-0.3, -0.25) is 14.3 Å². The van der Waals surface area contributed by atoms with Crippen LogP contribution in [-0.2, 0) is 17.5 Å². The van der Waals surface area contributed by atoms with Crippen molar-refractivity contribution in [2.75, 3.05) is 19.4 Å². The van der Waals surface area contributed by atoms with E-state index in [1.165, 1.54) is 28.0 Å². The van der Waals surface area contributed by atoms with Gasteiger partial charge < -0.3 is 10.2 Å². The van der Waals surface area contributed by atoms with Crippen molar-refractivity contribution >= 4 is 17.5 Å². The Morgan fingerprint density at radius 1 is 1.29 bits per heavy atom. The zero-order valence-electron chi connectivity index (χ0n) is 13.0. The van der Waals surface area contributed by atoms with Gasteiger partial charge in [0.1, 0.15) is 6.54 Å². The number of hydrogen-bond acceptors (Lipinski definition) is 3. The lowest BCUT2D eigenvalue weighted by atomic mass is 10.1. The van der Waals surface area contributed by atoms with Gasteiger partial charge >= 0.3 is 6.18 Å². The molecule has 0 radical (unpaired) electrons. The molecule has 1 aromatic carbocycles. The molecule has 2 amide bonds. The molecule has 1 aromatic heterocycles. The molecule has 6 nitrogen and oxygen atoms in total. The van der Waals surface area contributed by atoms with Gasteiger partial charge in [0.25, 0.3) is 5.91 Å². The number of carbonyl (C=O) groups excluding carboxylic acids is 2. The molecule has 1 heterocycles. The second-order valence-electron chi connectivity index (χ2n) is 5.25. The summed E-state index contributed by atoms with van der Waals surface area (Å²) in [5.74, 6) is -0.881. The van der Waals surface area contributed by atoms with E-state index in [4.69, 9.17) is 0 Å². The Hall–Kier alpha value is -2.84. The van der Waals surface area contributed by atoms with Gasteiger partial charge in [0.05, 0.1) is 17.4 Å². The third-order valence-electron chi connectivity index (χ3n) is 3.14. The molecule has 9 heteroatoms. The van der Waals surface area contributed by atoms with Crippen LogP contribution >= 0.6 is 0 Å². The lowest BCUT2D eigenvalue weighted by Gasteiger charge is -2.09. The van der Waals surface area contributed by atoms with Crippen molar-refractivity contribution < 1.29 is 22.8 Å². The van der Waals surface area contributed by atoms with Crippen molar-refractivity contribution in [3.8, 4) is 0 Å². The van der Waals surface area contributed by atoms with Crippen molar-refractivity contribution in [3.05, 3.63) is 47.8 Å². The molecule has 0 spiro atoms. The SMILES string of the molecule is CN(C)C(=O)Cn1cc(NC(=O)c2cccc(C(F)(F)F)c2)cn1. The highest BCUT2D eigenvalue weighted by molar-refractivity contribution is 6.04. The summed E-state index contributed by atoms with van der Waals surface area (Å²) in [5, 5.41) is 6.36. The highest BCUT2D eigenvalue weighted by atomic mass is 19.4. The molecule has 0 atom stereocenters. The second-order valence-corrected chi connectivity index (χ2v) is 5.25. The number of amides is 2. The van der Waals surface area contributed by atoms with Crippen LogP contribution in [0.4, 0.5) is 18.9 Å². The maximum absolute atomic E-state index is 12.7. The maximum atomic E-state index is 12.7. The van der Waals surface area contributed by atoms with Crippen LogP contribution in [0.15, 0.2) is 36.7 Å². The van der Waals surface area contributed by atoms with E-state index in [0.29, 0.717) is 0 Å². The summed E-state index contributed by atoms with van der Waals surface area (Å²) < 4.78 is 39.3. The normalized spacial score (nSPS) is 11.2. The highest BCUT2D eigenvalue weighted by Gasteiger charge is 2.30. The minimum Gasteiger partial charge on any atom is -0.347 e. The average Bonchev–Trinajstić information content (AvgIpc) is 2.93. The highest BCUT2D eigenvalue weighted by Crippen LogP contribution is 2.29. The molecule has 128 valence electrons. The van der Waals surface area contributed by atoms with E-state index in [-0.39, 0.29) is 23.7 Å². The molecule has 1 N–H and O–H groups in total. The maximum Gasteiger partial charge on any atom is 0.416 e. The van der Waals surface area contributed by atoms with E-state index in [1.54, 1.807) is 14.1 Å². The van der Waals surface area contributed by atoms with Crippen LogP contribution in [0.3, 0.4) is 0 Å². The van der Waals surface area contributed by atoms with Gasteiger partial charge in [-0.15, -0.1) is 0 Å². The first-order valence-corrected chi connectivity index (χ1v) is 6.88. The van der Waals surface area contributed by atoms with Crippen molar-refractivity contribution in [1.29, 1.82) is 0 Å². The Morgan fingerprint density at radius 3 is 2.62 bits per heavy atom. The summed E-state index contributed by atoms with van der Waals surface area (Å²) >= 11 is 0. The van der Waals surface area contributed by atoms with Crippen LogP contribution in [0.5, 0.6) is 0 Å². The fourth-order valence-electron chi connectivity index (χ4n) is 1.83. The molecule has 0 aliphatic heterocycles. The topological polar surface area (TPSA) is 67.2 Å². The lowest BCUT2D eigenvalue weighted by Crippen LogP contribution is -2.26. The van der Waals surface area contributed by atoms with Crippen LogP contribution < -0.4 is 5.32 Å². The molecule has 2 rings (SSSR count). The van der Waals surface area contributed by atoms with Crippen LogP contribution in [0.2, 0.25) is 0 Å². The van der Waals surface area contributed by atoms with Crippen molar-refractivity contribution in [2.45, 2.75) is 12.7 Å². The number of carbonyl (C=O) groups is 2. The van der Waals surface area contributed by atoms with Gasteiger partial charge in [-0.25, -0.2) is 0 Å². The number of likely N-dealkylation sites (N-methyl/N-ethyl adjacent to an activating group) is 1. The molecule has 0 aliphatic rings. The zero-order chi connectivity index (χ0) is 17.9. The minimum absolute atomic E-state index is 0.00751. The molecule has 0 saturated carbocycles. The quantitative estimate of drug-likeness (QED) is 0.928. The van der Waals surface area contributed by atoms with Gasteiger partial charge in [-0.05, 0) is 18.2 Å². The predicted octanol–water partition coefficient (Wildman–Crippen LogP) is 2.24. The largest absolute Gasteiger partial charge is 0.416 e. The van der Waals surface area contributed by atoms with E-state index in [9.17, 15) is 22.8 Å². The molecular formula is C15H15F3N4O2. The number of rotatable bonds is 4. The molecule has 2 aromatic rings. The molecular weight excluding hydrogens is 325 g/mol. The molecule has 0 fully saturated rings. The summed E-state index contributed by atoms with van der Waals surface area (Å²) in [6.45, 7) is -0.00751. The van der Waals surface area contributed by atoms with E-state index in [1.807, 2.05) is 0 Å². The monoisotopic (exact) mass is 340 g/mol. The van der Waals surface area contributed by atoms with E-state index in [0.717, 1.165) is 18.2 Å². The van der Waals surface area contributed by atoms with Gasteiger partial charge in [0.15, 0.2) is 0 Å². The number of halogens is 3. The first-order chi connectivity index (χ1) is 11.2. The minimum atomic E-state index is -4.52. The molecule has 0 unspecified atom stereocenters. The Balaban J connectivity index is 2.08. The van der Waals surface area contributed by atoms with Crippen molar-refractivity contribution in [3.63, 3.8) is 0 Å². The number of nitrogens with zero attached hydrogens (tertiary/aromatic N) is 3. The van der Waals surface area contributed by atoms with Crippen LogP contribution in [0.1, 0.15) is 15.9 Å². The van der Waals surface area contributed by atoms with E-state index >= 15 is 0 Å². The summed E-state index contributed by atoms with van der Waals surface area (Å²) in [5.41, 5.74) is -0.742. The third kappa shape index (κ3) is 4.34.